The molecule has 0 unspecified atom stereocenters. The van der Waals surface area contributed by atoms with E-state index in [1.54, 1.807) is 4.52 Å². The Labute approximate surface area is 90.0 Å². The van der Waals surface area contributed by atoms with Gasteiger partial charge >= 0.3 is 0 Å². The van der Waals surface area contributed by atoms with E-state index in [0.717, 1.165) is 16.2 Å². The van der Waals surface area contributed by atoms with Crippen molar-refractivity contribution in [1.82, 2.24) is 14.6 Å². The molecular weight excluding hydrogens is 208 g/mol. The molecule has 2 N–H and O–H groups in total. The Kier molecular flexibility index (Phi) is 1.72. The number of hydrogen-bond donors (Lipinski definition) is 1. The topological polar surface area (TPSA) is 56.2 Å². The van der Waals surface area contributed by atoms with Crippen LogP contribution in [-0.4, -0.2) is 14.6 Å². The van der Waals surface area contributed by atoms with Gasteiger partial charge in [-0.15, -0.1) is 16.4 Å². The zero-order valence-electron chi connectivity index (χ0n) is 7.79. The summed E-state index contributed by atoms with van der Waals surface area (Å²) in [6.07, 6.45) is 0. The molecule has 3 rings (SSSR count). The summed E-state index contributed by atoms with van der Waals surface area (Å²) in [4.78, 5) is 4.93. The number of anilines is 1. The van der Waals surface area contributed by atoms with Crippen LogP contribution in [0.1, 0.15) is 0 Å². The quantitative estimate of drug-likeness (QED) is 0.677. The molecule has 4 nitrogen and oxygen atoms in total. The van der Waals surface area contributed by atoms with E-state index < -0.39 is 0 Å². The number of nitrogens with two attached hydrogens (primary N) is 1. The Balaban J connectivity index is 2.27. The van der Waals surface area contributed by atoms with Crippen LogP contribution in [0.3, 0.4) is 0 Å². The average molecular weight is 216 g/mol. The summed E-state index contributed by atoms with van der Waals surface area (Å²) >= 11 is 1.54. The summed E-state index contributed by atoms with van der Waals surface area (Å²) in [5, 5.41) is 6.18. The van der Waals surface area contributed by atoms with Crippen molar-refractivity contribution in [3.8, 4) is 11.3 Å². The molecule has 0 amide bonds. The number of hydrogen-bond acceptors (Lipinski definition) is 4. The van der Waals surface area contributed by atoms with Crippen LogP contribution in [0.2, 0.25) is 0 Å². The summed E-state index contributed by atoms with van der Waals surface area (Å²) in [6, 6.07) is 10.1. The normalized spacial score (nSPS) is 10.9. The predicted molar refractivity (Wildman–Crippen MR) is 60.7 cm³/mol. The molecule has 0 aliphatic rings. The van der Waals surface area contributed by atoms with Crippen LogP contribution in [0.4, 0.5) is 5.95 Å². The highest BCUT2D eigenvalue weighted by atomic mass is 32.1. The first-order valence-corrected chi connectivity index (χ1v) is 5.38. The van der Waals surface area contributed by atoms with Crippen molar-refractivity contribution in [2.24, 2.45) is 0 Å². The first kappa shape index (κ1) is 8.43. The third-order valence-electron chi connectivity index (χ3n) is 2.17. The van der Waals surface area contributed by atoms with Crippen molar-refractivity contribution in [2.75, 3.05) is 5.73 Å². The molecule has 0 saturated carbocycles. The fourth-order valence-corrected chi connectivity index (χ4v) is 2.34. The minimum atomic E-state index is 0.319. The maximum Gasteiger partial charge on any atom is 0.241 e. The number of fused-ring (bicyclic) bond motifs is 1. The molecular formula is C10H8N4S. The number of thiazole rings is 1. The highest BCUT2D eigenvalue weighted by Gasteiger charge is 2.08. The first-order valence-electron chi connectivity index (χ1n) is 4.50. The summed E-state index contributed by atoms with van der Waals surface area (Å²) < 4.78 is 1.77. The fourth-order valence-electron chi connectivity index (χ4n) is 1.50. The minimum absolute atomic E-state index is 0.319. The van der Waals surface area contributed by atoms with Crippen LogP contribution in [0.25, 0.3) is 16.2 Å². The summed E-state index contributed by atoms with van der Waals surface area (Å²) in [6.45, 7) is 0. The van der Waals surface area contributed by atoms with Gasteiger partial charge in [0.2, 0.25) is 10.9 Å². The van der Waals surface area contributed by atoms with E-state index in [1.807, 2.05) is 35.7 Å². The van der Waals surface area contributed by atoms with Crippen LogP contribution in [0.15, 0.2) is 35.7 Å². The Hall–Kier alpha value is -1.88. The summed E-state index contributed by atoms with van der Waals surface area (Å²) in [7, 11) is 0. The average Bonchev–Trinajstić information content (AvgIpc) is 2.77. The number of nitrogen functional groups attached to an aromatic ring is 1. The maximum absolute atomic E-state index is 5.55. The van der Waals surface area contributed by atoms with E-state index in [4.69, 9.17) is 5.73 Å². The molecule has 0 radical (unpaired) electrons. The number of benzene rings is 1. The lowest BCUT2D eigenvalue weighted by atomic mass is 10.2. The van der Waals surface area contributed by atoms with Crippen LogP contribution in [0.5, 0.6) is 0 Å². The molecule has 0 bridgehead atoms. The number of nitrogens with zero attached hydrogens (tertiary/aromatic N) is 3. The third kappa shape index (κ3) is 1.28. The fraction of sp³-hybridized carbons (Fsp3) is 0. The van der Waals surface area contributed by atoms with Gasteiger partial charge in [0.15, 0.2) is 0 Å². The van der Waals surface area contributed by atoms with Crippen LogP contribution in [-0.2, 0) is 0 Å². The van der Waals surface area contributed by atoms with Crippen molar-refractivity contribution in [1.29, 1.82) is 0 Å². The van der Waals surface area contributed by atoms with E-state index in [9.17, 15) is 0 Å². The van der Waals surface area contributed by atoms with Crippen molar-refractivity contribution in [3.63, 3.8) is 0 Å². The zero-order valence-corrected chi connectivity index (χ0v) is 8.61. The molecule has 15 heavy (non-hydrogen) atoms. The monoisotopic (exact) mass is 216 g/mol. The van der Waals surface area contributed by atoms with E-state index in [0.29, 0.717) is 5.95 Å². The molecule has 0 atom stereocenters. The summed E-state index contributed by atoms with van der Waals surface area (Å²) in [5.74, 6) is 0.319. The van der Waals surface area contributed by atoms with Crippen LogP contribution >= 0.6 is 11.3 Å². The van der Waals surface area contributed by atoms with Crippen molar-refractivity contribution < 1.29 is 0 Å². The second kappa shape index (κ2) is 3.06. The number of rotatable bonds is 1. The smallest absolute Gasteiger partial charge is 0.241 e. The predicted octanol–water partition coefficient (Wildman–Crippen LogP) is 2.04. The molecule has 5 heteroatoms. The molecule has 0 aliphatic carbocycles. The lowest BCUT2D eigenvalue weighted by Crippen LogP contribution is -1.90. The van der Waals surface area contributed by atoms with Crippen LogP contribution in [0, 0.1) is 0 Å². The standard InChI is InChI=1S/C10H8N4S/c11-9-12-10-14(13-9)8(6-15-10)7-4-2-1-3-5-7/h1-6H,(H2,11,13). The van der Waals surface area contributed by atoms with Gasteiger partial charge in [-0.2, -0.15) is 4.98 Å². The van der Waals surface area contributed by atoms with Crippen molar-refractivity contribution >= 4 is 22.2 Å². The van der Waals surface area contributed by atoms with Gasteiger partial charge in [0.1, 0.15) is 0 Å². The van der Waals surface area contributed by atoms with Gasteiger partial charge < -0.3 is 5.73 Å². The summed E-state index contributed by atoms with van der Waals surface area (Å²) in [5.41, 5.74) is 7.69. The highest BCUT2D eigenvalue weighted by molar-refractivity contribution is 7.15. The minimum Gasteiger partial charge on any atom is -0.366 e. The highest BCUT2D eigenvalue weighted by Crippen LogP contribution is 2.24. The van der Waals surface area contributed by atoms with Gasteiger partial charge in [-0.25, -0.2) is 4.52 Å². The largest absolute Gasteiger partial charge is 0.366 e. The van der Waals surface area contributed by atoms with Gasteiger partial charge in [-0.1, -0.05) is 30.3 Å². The zero-order chi connectivity index (χ0) is 10.3. The maximum atomic E-state index is 5.55. The SMILES string of the molecule is Nc1nc2scc(-c3ccccc3)n2n1. The Morgan fingerprint density at radius 2 is 2.00 bits per heavy atom. The molecule has 2 heterocycles. The number of aromatic nitrogens is 3. The van der Waals surface area contributed by atoms with E-state index in [2.05, 4.69) is 10.1 Å². The van der Waals surface area contributed by atoms with Gasteiger partial charge in [-0.05, 0) is 0 Å². The molecule has 0 fully saturated rings. The van der Waals surface area contributed by atoms with Gasteiger partial charge in [0.05, 0.1) is 5.69 Å². The Bertz CT molecular complexity index is 596. The van der Waals surface area contributed by atoms with Gasteiger partial charge in [0, 0.05) is 10.9 Å². The molecule has 1 aromatic carbocycles. The van der Waals surface area contributed by atoms with Crippen LogP contribution < -0.4 is 5.73 Å². The van der Waals surface area contributed by atoms with Gasteiger partial charge in [-0.3, -0.25) is 0 Å². The first-order chi connectivity index (χ1) is 7.34. The van der Waals surface area contributed by atoms with Gasteiger partial charge in [0.25, 0.3) is 0 Å². The molecule has 0 aliphatic heterocycles. The lowest BCUT2D eigenvalue weighted by Gasteiger charge is -1.96. The lowest BCUT2D eigenvalue weighted by molar-refractivity contribution is 0.992. The third-order valence-corrected chi connectivity index (χ3v) is 2.98. The van der Waals surface area contributed by atoms with Crippen molar-refractivity contribution in [3.05, 3.63) is 35.7 Å². The van der Waals surface area contributed by atoms with E-state index >= 15 is 0 Å². The van der Waals surface area contributed by atoms with E-state index in [1.165, 1.54) is 11.3 Å². The van der Waals surface area contributed by atoms with E-state index in [-0.39, 0.29) is 0 Å². The Morgan fingerprint density at radius 3 is 2.80 bits per heavy atom. The molecule has 0 saturated heterocycles. The second-order valence-electron chi connectivity index (χ2n) is 3.15. The molecule has 74 valence electrons. The molecule has 0 spiro atoms. The second-order valence-corrected chi connectivity index (χ2v) is 3.99. The molecule has 3 aromatic rings. The Morgan fingerprint density at radius 1 is 1.20 bits per heavy atom. The van der Waals surface area contributed by atoms with Crippen molar-refractivity contribution in [2.45, 2.75) is 0 Å². The molecule has 2 aromatic heterocycles.